The molecule has 0 aliphatic carbocycles. The fourth-order valence-electron chi connectivity index (χ4n) is 0.818. The van der Waals surface area contributed by atoms with Gasteiger partial charge in [0.15, 0.2) is 0 Å². The van der Waals surface area contributed by atoms with E-state index in [0.717, 1.165) is 0 Å². The minimum absolute atomic E-state index is 0.250. The average molecular weight is 186 g/mol. The standard InChI is InChI=1S/C9H9ClFN/c10-6-3-7-12-9-5-2-1-4-8(9)11/h1-6,12H,7H2/b6-3+. The maximum absolute atomic E-state index is 12.9. The van der Waals surface area contributed by atoms with E-state index in [-0.39, 0.29) is 5.82 Å². The van der Waals surface area contributed by atoms with Crippen molar-refractivity contribution in [2.75, 3.05) is 11.9 Å². The van der Waals surface area contributed by atoms with E-state index < -0.39 is 0 Å². The van der Waals surface area contributed by atoms with Gasteiger partial charge >= 0.3 is 0 Å². The zero-order valence-electron chi connectivity index (χ0n) is 6.43. The van der Waals surface area contributed by atoms with Gasteiger partial charge in [-0.25, -0.2) is 4.39 Å². The van der Waals surface area contributed by atoms with E-state index in [0.29, 0.717) is 12.2 Å². The summed E-state index contributed by atoms with van der Waals surface area (Å²) in [7, 11) is 0. The highest BCUT2D eigenvalue weighted by Gasteiger charge is 1.95. The van der Waals surface area contributed by atoms with Crippen LogP contribution < -0.4 is 5.32 Å². The Bertz CT molecular complexity index is 273. The summed E-state index contributed by atoms with van der Waals surface area (Å²) < 4.78 is 12.9. The number of rotatable bonds is 3. The lowest BCUT2D eigenvalue weighted by Crippen LogP contribution is -1.99. The van der Waals surface area contributed by atoms with E-state index in [1.165, 1.54) is 11.6 Å². The summed E-state index contributed by atoms with van der Waals surface area (Å²) in [6, 6.07) is 6.51. The van der Waals surface area contributed by atoms with Crippen molar-refractivity contribution in [1.29, 1.82) is 0 Å². The third-order valence-corrected chi connectivity index (χ3v) is 1.55. The first kappa shape index (κ1) is 9.07. The Morgan fingerprint density at radius 1 is 1.42 bits per heavy atom. The van der Waals surface area contributed by atoms with Crippen molar-refractivity contribution < 1.29 is 4.39 Å². The van der Waals surface area contributed by atoms with Crippen LogP contribution in [0, 0.1) is 5.82 Å². The summed E-state index contributed by atoms with van der Waals surface area (Å²) in [6.45, 7) is 0.532. The summed E-state index contributed by atoms with van der Waals surface area (Å²) in [6.07, 6.45) is 1.70. The SMILES string of the molecule is Fc1ccccc1NC/C=C/Cl. The van der Waals surface area contributed by atoms with Gasteiger partial charge in [-0.1, -0.05) is 29.8 Å². The van der Waals surface area contributed by atoms with Crippen LogP contribution in [-0.2, 0) is 0 Å². The van der Waals surface area contributed by atoms with Crippen molar-refractivity contribution in [3.63, 3.8) is 0 Å². The molecule has 1 aromatic rings. The Morgan fingerprint density at radius 3 is 2.83 bits per heavy atom. The van der Waals surface area contributed by atoms with Gasteiger partial charge in [0.25, 0.3) is 0 Å². The molecule has 0 aromatic heterocycles. The van der Waals surface area contributed by atoms with Gasteiger partial charge in [0.2, 0.25) is 0 Å². The van der Waals surface area contributed by atoms with Gasteiger partial charge in [-0.3, -0.25) is 0 Å². The van der Waals surface area contributed by atoms with Gasteiger partial charge in [0.05, 0.1) is 5.69 Å². The predicted molar refractivity (Wildman–Crippen MR) is 49.9 cm³/mol. The highest BCUT2D eigenvalue weighted by Crippen LogP contribution is 2.11. The van der Waals surface area contributed by atoms with Crippen LogP contribution in [-0.4, -0.2) is 6.54 Å². The van der Waals surface area contributed by atoms with Crippen LogP contribution in [0.3, 0.4) is 0 Å². The Hall–Kier alpha value is -1.02. The van der Waals surface area contributed by atoms with Crippen LogP contribution in [0.1, 0.15) is 0 Å². The number of nitrogens with one attached hydrogen (secondary N) is 1. The molecule has 0 atom stereocenters. The molecule has 0 fully saturated rings. The molecular weight excluding hydrogens is 177 g/mol. The van der Waals surface area contributed by atoms with Gasteiger partial charge < -0.3 is 5.32 Å². The minimum Gasteiger partial charge on any atom is -0.379 e. The van der Waals surface area contributed by atoms with E-state index in [2.05, 4.69) is 5.32 Å². The second kappa shape index (κ2) is 4.78. The molecule has 0 saturated carbocycles. The first-order valence-corrected chi connectivity index (χ1v) is 4.02. The molecule has 0 saturated heterocycles. The minimum atomic E-state index is -0.250. The van der Waals surface area contributed by atoms with E-state index in [1.807, 2.05) is 0 Å². The average Bonchev–Trinajstić information content (AvgIpc) is 2.09. The Morgan fingerprint density at radius 2 is 2.17 bits per heavy atom. The number of anilines is 1. The smallest absolute Gasteiger partial charge is 0.146 e. The van der Waals surface area contributed by atoms with Crippen molar-refractivity contribution in [2.24, 2.45) is 0 Å². The molecule has 0 spiro atoms. The maximum atomic E-state index is 12.9. The van der Waals surface area contributed by atoms with E-state index in [1.54, 1.807) is 24.3 Å². The fraction of sp³-hybridized carbons (Fsp3) is 0.111. The number of benzene rings is 1. The van der Waals surface area contributed by atoms with Crippen LogP contribution in [0.25, 0.3) is 0 Å². The van der Waals surface area contributed by atoms with Crippen molar-refractivity contribution in [2.45, 2.75) is 0 Å². The lowest BCUT2D eigenvalue weighted by molar-refractivity contribution is 0.631. The zero-order chi connectivity index (χ0) is 8.81. The third-order valence-electron chi connectivity index (χ3n) is 1.37. The van der Waals surface area contributed by atoms with Crippen molar-refractivity contribution in [3.8, 4) is 0 Å². The van der Waals surface area contributed by atoms with Crippen molar-refractivity contribution in [3.05, 3.63) is 41.7 Å². The van der Waals surface area contributed by atoms with Gasteiger partial charge in [0, 0.05) is 12.1 Å². The molecule has 1 rings (SSSR count). The van der Waals surface area contributed by atoms with Gasteiger partial charge in [-0.2, -0.15) is 0 Å². The molecular formula is C9H9ClFN. The van der Waals surface area contributed by atoms with Crippen molar-refractivity contribution in [1.82, 2.24) is 0 Å². The molecule has 12 heavy (non-hydrogen) atoms. The van der Waals surface area contributed by atoms with Crippen LogP contribution >= 0.6 is 11.6 Å². The lowest BCUT2D eigenvalue weighted by atomic mass is 10.3. The number of hydrogen-bond donors (Lipinski definition) is 1. The Kier molecular flexibility index (Phi) is 3.61. The first-order valence-electron chi connectivity index (χ1n) is 3.58. The van der Waals surface area contributed by atoms with Crippen LogP contribution in [0.5, 0.6) is 0 Å². The molecule has 0 radical (unpaired) electrons. The normalized spacial score (nSPS) is 10.5. The van der Waals surface area contributed by atoms with Gasteiger partial charge in [0.1, 0.15) is 5.82 Å². The van der Waals surface area contributed by atoms with E-state index in [4.69, 9.17) is 11.6 Å². The number of para-hydroxylation sites is 1. The van der Waals surface area contributed by atoms with Crippen molar-refractivity contribution >= 4 is 17.3 Å². The molecule has 1 nitrogen and oxygen atoms in total. The molecule has 0 aliphatic heterocycles. The summed E-state index contributed by atoms with van der Waals surface area (Å²) in [5.74, 6) is -0.250. The molecule has 0 aliphatic rings. The van der Waals surface area contributed by atoms with E-state index in [9.17, 15) is 4.39 Å². The molecule has 0 amide bonds. The summed E-state index contributed by atoms with van der Waals surface area (Å²) in [5.41, 5.74) is 1.89. The molecule has 64 valence electrons. The highest BCUT2D eigenvalue weighted by atomic mass is 35.5. The highest BCUT2D eigenvalue weighted by molar-refractivity contribution is 6.25. The van der Waals surface area contributed by atoms with E-state index >= 15 is 0 Å². The molecule has 1 N–H and O–H groups in total. The van der Waals surface area contributed by atoms with Crippen LogP contribution in [0.4, 0.5) is 10.1 Å². The quantitative estimate of drug-likeness (QED) is 0.764. The number of halogens is 2. The molecule has 0 unspecified atom stereocenters. The third kappa shape index (κ3) is 2.55. The summed E-state index contributed by atoms with van der Waals surface area (Å²) in [4.78, 5) is 0. The summed E-state index contributed by atoms with van der Waals surface area (Å²) >= 11 is 5.29. The van der Waals surface area contributed by atoms with Gasteiger partial charge in [-0.15, -0.1) is 0 Å². The predicted octanol–water partition coefficient (Wildman–Crippen LogP) is 2.99. The fourth-order valence-corrected chi connectivity index (χ4v) is 0.907. The zero-order valence-corrected chi connectivity index (χ0v) is 7.18. The maximum Gasteiger partial charge on any atom is 0.146 e. The molecule has 0 bridgehead atoms. The van der Waals surface area contributed by atoms with Gasteiger partial charge in [-0.05, 0) is 12.1 Å². The monoisotopic (exact) mass is 185 g/mol. The van der Waals surface area contributed by atoms with Crippen LogP contribution in [0.15, 0.2) is 35.9 Å². The molecule has 3 heteroatoms. The molecule has 0 heterocycles. The van der Waals surface area contributed by atoms with Crippen LogP contribution in [0.2, 0.25) is 0 Å². The summed E-state index contributed by atoms with van der Waals surface area (Å²) in [5, 5.41) is 2.87. The largest absolute Gasteiger partial charge is 0.379 e. The Labute approximate surface area is 75.9 Å². The number of hydrogen-bond acceptors (Lipinski definition) is 1. The topological polar surface area (TPSA) is 12.0 Å². The second-order valence-corrected chi connectivity index (χ2v) is 2.47. The molecule has 1 aromatic carbocycles. The lowest BCUT2D eigenvalue weighted by Gasteiger charge is -2.02. The second-order valence-electron chi connectivity index (χ2n) is 2.22. The Balaban J connectivity index is 2.57. The first-order chi connectivity index (χ1) is 5.84.